The van der Waals surface area contributed by atoms with Crippen LogP contribution in [-0.4, -0.2) is 28.9 Å². The summed E-state index contributed by atoms with van der Waals surface area (Å²) in [5.74, 6) is -2.71. The molecule has 4 N–H and O–H groups in total. The zero-order valence-electron chi connectivity index (χ0n) is 8.33. The topological polar surface area (TPSA) is 109 Å². The number of nitrogens with two attached hydrogens (primary N) is 1. The van der Waals surface area contributed by atoms with Crippen LogP contribution in [0.4, 0.5) is 0 Å². The highest BCUT2D eigenvalue weighted by molar-refractivity contribution is 6.02. The summed E-state index contributed by atoms with van der Waals surface area (Å²) in [7, 11) is 0. The minimum atomic E-state index is -1.57. The summed E-state index contributed by atoms with van der Waals surface area (Å²) >= 11 is 0. The van der Waals surface area contributed by atoms with Crippen molar-refractivity contribution >= 4 is 17.8 Å². The number of nitrogens with one attached hydrogen (secondary N) is 1. The lowest BCUT2D eigenvalue weighted by Crippen LogP contribution is -2.49. The molecule has 0 bridgehead atoms. The third kappa shape index (κ3) is 2.72. The molecule has 0 radical (unpaired) electrons. The molecule has 80 valence electrons. The molecule has 6 nitrogen and oxygen atoms in total. The maximum absolute atomic E-state index is 11.3. The summed E-state index contributed by atoms with van der Waals surface area (Å²) < 4.78 is 0. The van der Waals surface area contributed by atoms with E-state index in [-0.39, 0.29) is 0 Å². The number of rotatable bonds is 4. The molecule has 0 saturated heterocycles. The number of primary amides is 1. The first-order valence-corrected chi connectivity index (χ1v) is 4.03. The van der Waals surface area contributed by atoms with E-state index in [0.29, 0.717) is 0 Å². The summed E-state index contributed by atoms with van der Waals surface area (Å²) in [5.41, 5.74) is 3.34. The van der Waals surface area contributed by atoms with Gasteiger partial charge in [0.15, 0.2) is 0 Å². The van der Waals surface area contributed by atoms with Crippen LogP contribution in [0.3, 0.4) is 0 Å². The Balaban J connectivity index is 4.50. The van der Waals surface area contributed by atoms with Gasteiger partial charge in [-0.3, -0.25) is 14.4 Å². The minimum absolute atomic E-state index is 0.709. The van der Waals surface area contributed by atoms with Gasteiger partial charge in [0.05, 0.1) is 0 Å². The van der Waals surface area contributed by atoms with E-state index in [9.17, 15) is 14.4 Å². The largest absolute Gasteiger partial charge is 0.480 e. The Bertz CT molecular complexity index is 273. The zero-order valence-corrected chi connectivity index (χ0v) is 8.33. The normalized spacial score (nSPS) is 13.1. The van der Waals surface area contributed by atoms with Gasteiger partial charge in [-0.05, 0) is 20.8 Å². The number of carboxylic acids is 1. The first-order valence-electron chi connectivity index (χ1n) is 4.03. The molecule has 2 amide bonds. The molecular formula is C8H14N2O4. The van der Waals surface area contributed by atoms with Crippen LogP contribution in [0, 0.1) is 5.41 Å². The van der Waals surface area contributed by atoms with Crippen LogP contribution in [0.15, 0.2) is 0 Å². The Hall–Kier alpha value is -1.59. The molecule has 0 saturated carbocycles. The van der Waals surface area contributed by atoms with Crippen LogP contribution < -0.4 is 11.1 Å². The van der Waals surface area contributed by atoms with E-state index in [1.165, 1.54) is 20.8 Å². The number of hydrogen-bond donors (Lipinski definition) is 3. The van der Waals surface area contributed by atoms with Gasteiger partial charge < -0.3 is 16.2 Å². The molecule has 0 aliphatic rings. The molecule has 1 atom stereocenters. The molecule has 0 fully saturated rings. The lowest BCUT2D eigenvalue weighted by molar-refractivity contribution is -0.154. The van der Waals surface area contributed by atoms with Crippen molar-refractivity contribution in [3.8, 4) is 0 Å². The summed E-state index contributed by atoms with van der Waals surface area (Å²) in [6, 6.07) is -0.874. The fraction of sp³-hybridized carbons (Fsp3) is 0.625. The van der Waals surface area contributed by atoms with Crippen LogP contribution in [0.1, 0.15) is 20.8 Å². The Kier molecular flexibility index (Phi) is 3.62. The molecule has 0 aromatic heterocycles. The van der Waals surface area contributed by atoms with E-state index >= 15 is 0 Å². The third-order valence-electron chi connectivity index (χ3n) is 1.88. The van der Waals surface area contributed by atoms with Crippen LogP contribution in [0.25, 0.3) is 0 Å². The van der Waals surface area contributed by atoms with Crippen molar-refractivity contribution < 1.29 is 19.5 Å². The van der Waals surface area contributed by atoms with Crippen molar-refractivity contribution in [1.82, 2.24) is 5.32 Å². The molecule has 0 aliphatic heterocycles. The van der Waals surface area contributed by atoms with Crippen LogP contribution in [0.5, 0.6) is 0 Å². The third-order valence-corrected chi connectivity index (χ3v) is 1.88. The molecule has 1 unspecified atom stereocenters. The SMILES string of the molecule is CC(NC(=O)C(C)(C)C(=O)O)C(N)=O. The monoisotopic (exact) mass is 202 g/mol. The molecule has 14 heavy (non-hydrogen) atoms. The maximum atomic E-state index is 11.3. The summed E-state index contributed by atoms with van der Waals surface area (Å²) in [6.45, 7) is 3.88. The van der Waals surface area contributed by atoms with Gasteiger partial charge in [-0.2, -0.15) is 0 Å². The van der Waals surface area contributed by atoms with Gasteiger partial charge in [-0.25, -0.2) is 0 Å². The first-order chi connectivity index (χ1) is 6.19. The number of carbonyl (C=O) groups is 3. The van der Waals surface area contributed by atoms with Crippen molar-refractivity contribution in [1.29, 1.82) is 0 Å². The second kappa shape index (κ2) is 4.08. The number of carbonyl (C=O) groups excluding carboxylic acids is 2. The van der Waals surface area contributed by atoms with E-state index in [1.807, 2.05) is 0 Å². The van der Waals surface area contributed by atoms with E-state index in [2.05, 4.69) is 5.32 Å². The van der Waals surface area contributed by atoms with Crippen molar-refractivity contribution in [2.75, 3.05) is 0 Å². The van der Waals surface area contributed by atoms with Crippen molar-refractivity contribution in [3.05, 3.63) is 0 Å². The number of hydrogen-bond acceptors (Lipinski definition) is 3. The van der Waals surface area contributed by atoms with Crippen LogP contribution in [-0.2, 0) is 14.4 Å². The van der Waals surface area contributed by atoms with E-state index in [4.69, 9.17) is 10.8 Å². The Morgan fingerprint density at radius 3 is 2.07 bits per heavy atom. The quantitative estimate of drug-likeness (QED) is 0.512. The zero-order chi connectivity index (χ0) is 11.5. The molecular weight excluding hydrogens is 188 g/mol. The smallest absolute Gasteiger partial charge is 0.318 e. The molecule has 0 aliphatic carbocycles. The second-order valence-electron chi connectivity index (χ2n) is 3.53. The average Bonchev–Trinajstić information content (AvgIpc) is 2.03. The number of amides is 2. The molecule has 6 heteroatoms. The van der Waals surface area contributed by atoms with Gasteiger partial charge in [0, 0.05) is 0 Å². The van der Waals surface area contributed by atoms with Gasteiger partial charge in [0.1, 0.15) is 11.5 Å². The standard InChI is InChI=1S/C8H14N2O4/c1-4(5(9)11)10-6(12)8(2,3)7(13)14/h4H,1-3H3,(H2,9,11)(H,10,12)(H,13,14). The lowest BCUT2D eigenvalue weighted by Gasteiger charge is -2.20. The predicted octanol–water partition coefficient (Wildman–Crippen LogP) is -0.913. The molecule has 0 spiro atoms. The summed E-state index contributed by atoms with van der Waals surface area (Å²) in [4.78, 5) is 32.5. The Morgan fingerprint density at radius 1 is 1.36 bits per heavy atom. The first kappa shape index (κ1) is 12.4. The lowest BCUT2D eigenvalue weighted by atomic mass is 9.92. The van der Waals surface area contributed by atoms with Gasteiger partial charge in [0.25, 0.3) is 0 Å². The summed E-state index contributed by atoms with van der Waals surface area (Å²) in [6.07, 6.45) is 0. The van der Waals surface area contributed by atoms with Gasteiger partial charge in [-0.15, -0.1) is 0 Å². The highest BCUT2D eigenvalue weighted by Gasteiger charge is 2.36. The van der Waals surface area contributed by atoms with Gasteiger partial charge in [0.2, 0.25) is 11.8 Å². The number of aliphatic carboxylic acids is 1. The van der Waals surface area contributed by atoms with Crippen molar-refractivity contribution in [2.45, 2.75) is 26.8 Å². The van der Waals surface area contributed by atoms with E-state index in [1.54, 1.807) is 0 Å². The fourth-order valence-electron chi connectivity index (χ4n) is 0.545. The Labute approximate surface area is 81.5 Å². The fourth-order valence-corrected chi connectivity index (χ4v) is 0.545. The highest BCUT2D eigenvalue weighted by atomic mass is 16.4. The number of carboxylic acid groups (broad SMARTS) is 1. The summed E-state index contributed by atoms with van der Waals surface area (Å²) in [5, 5.41) is 10.9. The highest BCUT2D eigenvalue weighted by Crippen LogP contribution is 2.15. The molecule has 0 rings (SSSR count). The van der Waals surface area contributed by atoms with E-state index in [0.717, 1.165) is 0 Å². The Morgan fingerprint density at radius 2 is 1.79 bits per heavy atom. The maximum Gasteiger partial charge on any atom is 0.318 e. The van der Waals surface area contributed by atoms with Crippen molar-refractivity contribution in [2.24, 2.45) is 11.1 Å². The van der Waals surface area contributed by atoms with Crippen LogP contribution in [0.2, 0.25) is 0 Å². The predicted molar refractivity (Wildman–Crippen MR) is 48.2 cm³/mol. The van der Waals surface area contributed by atoms with Crippen molar-refractivity contribution in [3.63, 3.8) is 0 Å². The molecule has 0 aromatic carbocycles. The van der Waals surface area contributed by atoms with Gasteiger partial charge >= 0.3 is 5.97 Å². The van der Waals surface area contributed by atoms with Gasteiger partial charge in [-0.1, -0.05) is 0 Å². The van der Waals surface area contributed by atoms with Crippen LogP contribution >= 0.6 is 0 Å². The average molecular weight is 202 g/mol. The van der Waals surface area contributed by atoms with E-state index < -0.39 is 29.2 Å². The second-order valence-corrected chi connectivity index (χ2v) is 3.53. The minimum Gasteiger partial charge on any atom is -0.480 e. The molecule has 0 heterocycles. The molecule has 0 aromatic rings.